The summed E-state index contributed by atoms with van der Waals surface area (Å²) in [6, 6.07) is 14.1. The van der Waals surface area contributed by atoms with Crippen molar-refractivity contribution in [2.45, 2.75) is 6.92 Å². The SMILES string of the molecule is Cc1ccc(C(=O)C=CNc2ccc(O)cc2)cc1. The van der Waals surface area contributed by atoms with Crippen molar-refractivity contribution in [3.8, 4) is 5.75 Å². The lowest BCUT2D eigenvalue weighted by atomic mass is 10.1. The molecule has 0 radical (unpaired) electrons. The minimum atomic E-state index is -0.0497. The summed E-state index contributed by atoms with van der Waals surface area (Å²) in [5, 5.41) is 12.1. The summed E-state index contributed by atoms with van der Waals surface area (Å²) < 4.78 is 0. The van der Waals surface area contributed by atoms with Gasteiger partial charge >= 0.3 is 0 Å². The summed E-state index contributed by atoms with van der Waals surface area (Å²) in [6.45, 7) is 1.98. The predicted octanol–water partition coefficient (Wildman–Crippen LogP) is 3.51. The molecule has 0 amide bonds. The molecule has 2 rings (SSSR count). The number of aromatic hydroxyl groups is 1. The molecule has 0 fully saturated rings. The van der Waals surface area contributed by atoms with Crippen LogP contribution in [0.15, 0.2) is 60.8 Å². The van der Waals surface area contributed by atoms with Crippen LogP contribution in [0.2, 0.25) is 0 Å². The number of carbonyl (C=O) groups excluding carboxylic acids is 1. The van der Waals surface area contributed by atoms with Crippen molar-refractivity contribution in [2.75, 3.05) is 5.32 Å². The van der Waals surface area contributed by atoms with E-state index >= 15 is 0 Å². The molecule has 0 saturated carbocycles. The van der Waals surface area contributed by atoms with E-state index in [0.717, 1.165) is 11.3 Å². The van der Waals surface area contributed by atoms with Crippen LogP contribution >= 0.6 is 0 Å². The van der Waals surface area contributed by atoms with E-state index in [-0.39, 0.29) is 11.5 Å². The van der Waals surface area contributed by atoms with E-state index < -0.39 is 0 Å². The lowest BCUT2D eigenvalue weighted by Crippen LogP contribution is -1.96. The van der Waals surface area contributed by atoms with Gasteiger partial charge in [-0.15, -0.1) is 0 Å². The van der Waals surface area contributed by atoms with E-state index in [1.807, 2.05) is 31.2 Å². The van der Waals surface area contributed by atoms with Gasteiger partial charge in [0.15, 0.2) is 5.78 Å². The highest BCUT2D eigenvalue weighted by atomic mass is 16.3. The molecule has 2 aromatic carbocycles. The highest BCUT2D eigenvalue weighted by molar-refractivity contribution is 6.04. The summed E-state index contributed by atoms with van der Waals surface area (Å²) >= 11 is 0. The third-order valence-electron chi connectivity index (χ3n) is 2.69. The zero-order valence-electron chi connectivity index (χ0n) is 10.6. The Morgan fingerprint density at radius 2 is 1.68 bits per heavy atom. The van der Waals surface area contributed by atoms with Crippen molar-refractivity contribution in [2.24, 2.45) is 0 Å². The molecular formula is C16H15NO2. The lowest BCUT2D eigenvalue weighted by molar-refractivity contribution is 0.104. The Morgan fingerprint density at radius 1 is 1.05 bits per heavy atom. The second kappa shape index (κ2) is 5.87. The highest BCUT2D eigenvalue weighted by Gasteiger charge is 2.00. The topological polar surface area (TPSA) is 49.3 Å². The number of phenols is 1. The fraction of sp³-hybridized carbons (Fsp3) is 0.0625. The molecule has 0 atom stereocenters. The number of benzene rings is 2. The van der Waals surface area contributed by atoms with Gasteiger partial charge in [0.05, 0.1) is 0 Å². The van der Waals surface area contributed by atoms with Gasteiger partial charge in [-0.05, 0) is 31.2 Å². The van der Waals surface area contributed by atoms with Crippen LogP contribution in [0.3, 0.4) is 0 Å². The van der Waals surface area contributed by atoms with Crippen LogP contribution in [-0.2, 0) is 0 Å². The summed E-state index contributed by atoms with van der Waals surface area (Å²) in [4.78, 5) is 11.8. The van der Waals surface area contributed by atoms with E-state index in [2.05, 4.69) is 5.32 Å². The van der Waals surface area contributed by atoms with Gasteiger partial charge in [-0.3, -0.25) is 4.79 Å². The van der Waals surface area contributed by atoms with E-state index in [4.69, 9.17) is 5.11 Å². The third kappa shape index (κ3) is 3.71. The molecule has 19 heavy (non-hydrogen) atoms. The Morgan fingerprint density at radius 3 is 2.32 bits per heavy atom. The molecule has 2 N–H and O–H groups in total. The molecule has 0 heterocycles. The molecule has 0 bridgehead atoms. The first kappa shape index (κ1) is 12.9. The highest BCUT2D eigenvalue weighted by Crippen LogP contribution is 2.13. The molecular weight excluding hydrogens is 238 g/mol. The van der Waals surface area contributed by atoms with Gasteiger partial charge in [0, 0.05) is 23.5 Å². The maximum Gasteiger partial charge on any atom is 0.187 e. The number of carbonyl (C=O) groups is 1. The van der Waals surface area contributed by atoms with Crippen LogP contribution in [0.5, 0.6) is 5.75 Å². The molecule has 3 heteroatoms. The Kier molecular flexibility index (Phi) is 3.98. The van der Waals surface area contributed by atoms with Gasteiger partial charge in [-0.25, -0.2) is 0 Å². The number of anilines is 1. The molecule has 0 aromatic heterocycles. The first-order valence-electron chi connectivity index (χ1n) is 5.98. The van der Waals surface area contributed by atoms with Crippen LogP contribution in [0, 0.1) is 6.92 Å². The van der Waals surface area contributed by atoms with Gasteiger partial charge in [0.2, 0.25) is 0 Å². The number of ketones is 1. The fourth-order valence-corrected chi connectivity index (χ4v) is 1.59. The van der Waals surface area contributed by atoms with Crippen LogP contribution in [0.4, 0.5) is 5.69 Å². The standard InChI is InChI=1S/C16H15NO2/c1-12-2-4-13(5-3-12)16(19)10-11-17-14-6-8-15(18)9-7-14/h2-11,17-18H,1H3. The Labute approximate surface area is 112 Å². The van der Waals surface area contributed by atoms with Crippen molar-refractivity contribution >= 4 is 11.5 Å². The molecule has 96 valence electrons. The van der Waals surface area contributed by atoms with Crippen molar-refractivity contribution in [3.63, 3.8) is 0 Å². The molecule has 0 aliphatic carbocycles. The average molecular weight is 253 g/mol. The minimum Gasteiger partial charge on any atom is -0.508 e. The quantitative estimate of drug-likeness (QED) is 0.498. The van der Waals surface area contributed by atoms with Crippen LogP contribution in [0.25, 0.3) is 0 Å². The smallest absolute Gasteiger partial charge is 0.187 e. The number of allylic oxidation sites excluding steroid dienone is 1. The Bertz CT molecular complexity index is 583. The first-order valence-corrected chi connectivity index (χ1v) is 5.98. The maximum atomic E-state index is 11.8. The average Bonchev–Trinajstić information content (AvgIpc) is 2.41. The summed E-state index contributed by atoms with van der Waals surface area (Å²) in [5.74, 6) is 0.163. The number of phenolic OH excluding ortho intramolecular Hbond substituents is 1. The molecule has 2 aromatic rings. The number of hydrogen-bond acceptors (Lipinski definition) is 3. The minimum absolute atomic E-state index is 0.0497. The molecule has 0 spiro atoms. The molecule has 3 nitrogen and oxygen atoms in total. The van der Waals surface area contributed by atoms with Gasteiger partial charge < -0.3 is 10.4 Å². The van der Waals surface area contributed by atoms with Gasteiger partial charge in [-0.2, -0.15) is 0 Å². The zero-order chi connectivity index (χ0) is 13.7. The number of hydrogen-bond donors (Lipinski definition) is 2. The van der Waals surface area contributed by atoms with E-state index in [0.29, 0.717) is 5.56 Å². The maximum absolute atomic E-state index is 11.8. The second-order valence-corrected chi connectivity index (χ2v) is 4.25. The molecule has 0 unspecified atom stereocenters. The first-order chi connectivity index (χ1) is 9.15. The second-order valence-electron chi connectivity index (χ2n) is 4.25. The van der Waals surface area contributed by atoms with Gasteiger partial charge in [-0.1, -0.05) is 29.8 Å². The third-order valence-corrected chi connectivity index (χ3v) is 2.69. The molecule has 0 saturated heterocycles. The summed E-state index contributed by atoms with van der Waals surface area (Å²) in [7, 11) is 0. The van der Waals surface area contributed by atoms with E-state index in [9.17, 15) is 4.79 Å². The van der Waals surface area contributed by atoms with E-state index in [1.54, 1.807) is 30.5 Å². The van der Waals surface area contributed by atoms with Crippen LogP contribution in [0.1, 0.15) is 15.9 Å². The van der Waals surface area contributed by atoms with Crippen LogP contribution in [-0.4, -0.2) is 10.9 Å². The number of nitrogens with one attached hydrogen (secondary N) is 1. The van der Waals surface area contributed by atoms with Crippen LogP contribution < -0.4 is 5.32 Å². The van der Waals surface area contributed by atoms with Gasteiger partial charge in [0.25, 0.3) is 0 Å². The monoisotopic (exact) mass is 253 g/mol. The lowest BCUT2D eigenvalue weighted by Gasteiger charge is -2.00. The normalized spacial score (nSPS) is 10.6. The number of aryl methyl sites for hydroxylation is 1. The molecule has 0 aliphatic heterocycles. The van der Waals surface area contributed by atoms with Crippen molar-refractivity contribution in [1.29, 1.82) is 0 Å². The van der Waals surface area contributed by atoms with Crippen molar-refractivity contribution < 1.29 is 9.90 Å². The Hall–Kier alpha value is -2.55. The predicted molar refractivity (Wildman–Crippen MR) is 76.4 cm³/mol. The Balaban J connectivity index is 1.97. The zero-order valence-corrected chi connectivity index (χ0v) is 10.6. The van der Waals surface area contributed by atoms with Crippen molar-refractivity contribution in [3.05, 3.63) is 71.9 Å². The summed E-state index contributed by atoms with van der Waals surface area (Å²) in [6.07, 6.45) is 3.08. The largest absolute Gasteiger partial charge is 0.508 e. The molecule has 0 aliphatic rings. The number of rotatable bonds is 4. The fourth-order valence-electron chi connectivity index (χ4n) is 1.59. The summed E-state index contributed by atoms with van der Waals surface area (Å²) in [5.41, 5.74) is 2.60. The van der Waals surface area contributed by atoms with E-state index in [1.165, 1.54) is 6.08 Å². The van der Waals surface area contributed by atoms with Gasteiger partial charge in [0.1, 0.15) is 5.75 Å². The van der Waals surface area contributed by atoms with Crippen molar-refractivity contribution in [1.82, 2.24) is 0 Å².